The lowest BCUT2D eigenvalue weighted by Gasteiger charge is -2.10. The van der Waals surface area contributed by atoms with Crippen molar-refractivity contribution in [3.8, 4) is 0 Å². The van der Waals surface area contributed by atoms with Crippen molar-refractivity contribution in [2.24, 2.45) is 0 Å². The van der Waals surface area contributed by atoms with Gasteiger partial charge in [0.2, 0.25) is 0 Å². The van der Waals surface area contributed by atoms with Crippen LogP contribution in [0.2, 0.25) is 0 Å². The molecule has 4 heteroatoms. The molecule has 0 fully saturated rings. The van der Waals surface area contributed by atoms with E-state index in [9.17, 15) is 0 Å². The summed E-state index contributed by atoms with van der Waals surface area (Å²) in [5.74, 6) is 0. The lowest BCUT2D eigenvalue weighted by atomic mass is 10.3. The number of aliphatic hydroxyl groups excluding tert-OH is 1. The monoisotopic (exact) mass is 182 g/mol. The van der Waals surface area contributed by atoms with Crippen LogP contribution in [0, 0.1) is 0 Å². The number of ether oxygens (including phenoxy) is 1. The minimum Gasteiger partial charge on any atom is -0.399 e. The van der Waals surface area contributed by atoms with Gasteiger partial charge in [0.1, 0.15) is 0 Å². The van der Waals surface area contributed by atoms with Crippen LogP contribution >= 0.6 is 0 Å². The van der Waals surface area contributed by atoms with Crippen LogP contribution in [0.1, 0.15) is 0 Å². The van der Waals surface area contributed by atoms with Gasteiger partial charge >= 0.3 is 0 Å². The van der Waals surface area contributed by atoms with Gasteiger partial charge in [-0.2, -0.15) is 0 Å². The van der Waals surface area contributed by atoms with E-state index in [1.165, 1.54) is 7.11 Å². The maximum absolute atomic E-state index is 9.07. The Morgan fingerprint density at radius 2 is 2.38 bits per heavy atom. The van der Waals surface area contributed by atoms with Gasteiger partial charge in [0.25, 0.3) is 0 Å². The minimum atomic E-state index is -0.790. The Morgan fingerprint density at radius 1 is 1.62 bits per heavy atom. The van der Waals surface area contributed by atoms with Crippen molar-refractivity contribution in [3.05, 3.63) is 24.3 Å². The van der Waals surface area contributed by atoms with Gasteiger partial charge in [-0.15, -0.1) is 0 Å². The molecule has 1 atom stereocenters. The van der Waals surface area contributed by atoms with Gasteiger partial charge in [-0.3, -0.25) is 0 Å². The first-order chi connectivity index (χ1) is 6.22. The summed E-state index contributed by atoms with van der Waals surface area (Å²) in [4.78, 5) is 0. The molecule has 1 aromatic carbocycles. The molecule has 0 heterocycles. The maximum Gasteiger partial charge on any atom is 0.171 e. The molecule has 4 N–H and O–H groups in total. The van der Waals surface area contributed by atoms with Gasteiger partial charge in [-0.25, -0.2) is 0 Å². The van der Waals surface area contributed by atoms with E-state index in [1.807, 2.05) is 12.1 Å². The van der Waals surface area contributed by atoms with Crippen molar-refractivity contribution in [1.82, 2.24) is 0 Å². The first kappa shape index (κ1) is 9.83. The number of anilines is 2. The number of methoxy groups -OCH3 is 1. The third-order valence-corrected chi connectivity index (χ3v) is 1.64. The molecule has 0 aliphatic carbocycles. The van der Waals surface area contributed by atoms with Crippen molar-refractivity contribution in [2.75, 3.05) is 24.7 Å². The molecule has 1 rings (SSSR count). The standard InChI is InChI=1S/C9H14N2O2/c1-13-9(12)6-11-8-4-2-3-7(10)5-8/h2-5,9,11-12H,6,10H2,1H3. The molecule has 0 aliphatic rings. The zero-order chi connectivity index (χ0) is 9.68. The highest BCUT2D eigenvalue weighted by atomic mass is 16.6. The van der Waals surface area contributed by atoms with Crippen molar-refractivity contribution in [1.29, 1.82) is 0 Å². The van der Waals surface area contributed by atoms with E-state index >= 15 is 0 Å². The number of nitrogens with two attached hydrogens (primary N) is 1. The Bertz CT molecular complexity index is 266. The van der Waals surface area contributed by atoms with Gasteiger partial charge in [0, 0.05) is 18.5 Å². The average molecular weight is 182 g/mol. The van der Waals surface area contributed by atoms with Crippen LogP contribution in [0.25, 0.3) is 0 Å². The topological polar surface area (TPSA) is 67.5 Å². The molecular weight excluding hydrogens is 168 g/mol. The first-order valence-corrected chi connectivity index (χ1v) is 4.02. The number of nitrogen functional groups attached to an aromatic ring is 1. The summed E-state index contributed by atoms with van der Waals surface area (Å²) >= 11 is 0. The third kappa shape index (κ3) is 3.31. The minimum absolute atomic E-state index is 0.347. The molecule has 0 aliphatic heterocycles. The van der Waals surface area contributed by atoms with Gasteiger partial charge in [0.15, 0.2) is 6.29 Å². The Hall–Kier alpha value is -1.26. The van der Waals surface area contributed by atoms with Crippen molar-refractivity contribution in [3.63, 3.8) is 0 Å². The van der Waals surface area contributed by atoms with Crippen LogP contribution in [-0.2, 0) is 4.74 Å². The molecule has 72 valence electrons. The molecule has 0 saturated heterocycles. The molecular formula is C9H14N2O2. The second-order valence-electron chi connectivity index (χ2n) is 2.70. The zero-order valence-corrected chi connectivity index (χ0v) is 7.53. The fourth-order valence-corrected chi connectivity index (χ4v) is 0.937. The third-order valence-electron chi connectivity index (χ3n) is 1.64. The number of hydrogen-bond acceptors (Lipinski definition) is 4. The van der Waals surface area contributed by atoms with Gasteiger partial charge < -0.3 is 20.9 Å². The van der Waals surface area contributed by atoms with Gasteiger partial charge in [0.05, 0.1) is 6.54 Å². The predicted molar refractivity (Wildman–Crippen MR) is 52.4 cm³/mol. The molecule has 1 unspecified atom stereocenters. The number of hydrogen-bond donors (Lipinski definition) is 3. The highest BCUT2D eigenvalue weighted by Gasteiger charge is 1.99. The van der Waals surface area contributed by atoms with E-state index in [2.05, 4.69) is 10.1 Å². The summed E-state index contributed by atoms with van der Waals surface area (Å²) in [6, 6.07) is 7.32. The summed E-state index contributed by atoms with van der Waals surface area (Å²) < 4.78 is 4.66. The number of nitrogens with one attached hydrogen (secondary N) is 1. The van der Waals surface area contributed by atoms with Crippen LogP contribution in [-0.4, -0.2) is 25.1 Å². The lowest BCUT2D eigenvalue weighted by molar-refractivity contribution is -0.0624. The molecule has 0 saturated carbocycles. The van der Waals surface area contributed by atoms with Crippen LogP contribution in [0.3, 0.4) is 0 Å². The van der Waals surface area contributed by atoms with E-state index < -0.39 is 6.29 Å². The van der Waals surface area contributed by atoms with E-state index in [0.717, 1.165) is 5.69 Å². The maximum atomic E-state index is 9.07. The van der Waals surface area contributed by atoms with Crippen molar-refractivity contribution in [2.45, 2.75) is 6.29 Å². The van der Waals surface area contributed by atoms with Crippen LogP contribution in [0.15, 0.2) is 24.3 Å². The number of aliphatic hydroxyl groups is 1. The normalized spacial score (nSPS) is 12.5. The van der Waals surface area contributed by atoms with Gasteiger partial charge in [-0.1, -0.05) is 6.07 Å². The summed E-state index contributed by atoms with van der Waals surface area (Å²) in [6.07, 6.45) is -0.790. The second-order valence-corrected chi connectivity index (χ2v) is 2.70. The molecule has 0 radical (unpaired) electrons. The summed E-state index contributed by atoms with van der Waals surface area (Å²) in [7, 11) is 1.45. The van der Waals surface area contributed by atoms with E-state index in [-0.39, 0.29) is 0 Å². The molecule has 4 nitrogen and oxygen atoms in total. The largest absolute Gasteiger partial charge is 0.399 e. The molecule has 0 spiro atoms. The fraction of sp³-hybridized carbons (Fsp3) is 0.333. The molecule has 0 amide bonds. The van der Waals surface area contributed by atoms with Crippen LogP contribution in [0.5, 0.6) is 0 Å². The molecule has 1 aromatic rings. The Kier molecular flexibility index (Phi) is 3.54. The van der Waals surface area contributed by atoms with E-state index in [0.29, 0.717) is 12.2 Å². The molecule has 13 heavy (non-hydrogen) atoms. The van der Waals surface area contributed by atoms with Crippen LogP contribution < -0.4 is 11.1 Å². The highest BCUT2D eigenvalue weighted by molar-refractivity contribution is 5.53. The smallest absolute Gasteiger partial charge is 0.171 e. The average Bonchev–Trinajstić information content (AvgIpc) is 2.14. The van der Waals surface area contributed by atoms with Crippen molar-refractivity contribution < 1.29 is 9.84 Å². The summed E-state index contributed by atoms with van der Waals surface area (Å²) in [5, 5.41) is 12.1. The number of rotatable bonds is 4. The quantitative estimate of drug-likeness (QED) is 0.472. The molecule has 0 bridgehead atoms. The van der Waals surface area contributed by atoms with Crippen molar-refractivity contribution >= 4 is 11.4 Å². The summed E-state index contributed by atoms with van der Waals surface area (Å²) in [5.41, 5.74) is 7.13. The van der Waals surface area contributed by atoms with E-state index in [1.54, 1.807) is 12.1 Å². The number of benzene rings is 1. The zero-order valence-electron chi connectivity index (χ0n) is 7.53. The Morgan fingerprint density at radius 3 is 3.00 bits per heavy atom. The van der Waals surface area contributed by atoms with Crippen LogP contribution in [0.4, 0.5) is 11.4 Å². The predicted octanol–water partition coefficient (Wildman–Crippen LogP) is 0.646. The second kappa shape index (κ2) is 4.69. The first-order valence-electron chi connectivity index (χ1n) is 4.02. The van der Waals surface area contributed by atoms with Gasteiger partial charge in [-0.05, 0) is 18.2 Å². The summed E-state index contributed by atoms with van der Waals surface area (Å²) in [6.45, 7) is 0.347. The lowest BCUT2D eigenvalue weighted by Crippen LogP contribution is -2.20. The SMILES string of the molecule is COC(O)CNc1cccc(N)c1. The van der Waals surface area contributed by atoms with E-state index in [4.69, 9.17) is 10.8 Å². The Labute approximate surface area is 77.3 Å². The Balaban J connectivity index is 2.45. The highest BCUT2D eigenvalue weighted by Crippen LogP contribution is 2.11. The molecule has 0 aromatic heterocycles. The fourth-order valence-electron chi connectivity index (χ4n) is 0.937.